The predicted octanol–water partition coefficient (Wildman–Crippen LogP) is 3.15. The molecule has 1 aromatic carbocycles. The van der Waals surface area contributed by atoms with Crippen LogP contribution in [0.25, 0.3) is 0 Å². The van der Waals surface area contributed by atoms with Crippen molar-refractivity contribution in [1.82, 2.24) is 0 Å². The highest BCUT2D eigenvalue weighted by Gasteiger charge is 2.25. The molecule has 0 spiro atoms. The molecule has 0 unspecified atom stereocenters. The third-order valence-corrected chi connectivity index (χ3v) is 3.28. The average molecular weight is 198 g/mol. The van der Waals surface area contributed by atoms with Crippen molar-refractivity contribution in [3.8, 4) is 0 Å². The largest absolute Gasteiger partial charge is 0.289 e. The van der Waals surface area contributed by atoms with Gasteiger partial charge in [0.05, 0.1) is 0 Å². The molecule has 2 aliphatic rings. The first kappa shape index (κ1) is 8.90. The molecule has 3 rings (SSSR count). The Kier molecular flexibility index (Phi) is 1.98. The van der Waals surface area contributed by atoms with Crippen LogP contribution in [-0.4, -0.2) is 5.78 Å². The first-order valence-electron chi connectivity index (χ1n) is 5.68. The molecule has 1 nitrogen and oxygen atoms in total. The number of allylic oxidation sites excluding steroid dienone is 2. The Morgan fingerprint density at radius 3 is 2.73 bits per heavy atom. The van der Waals surface area contributed by atoms with Gasteiger partial charge in [-0.15, -0.1) is 0 Å². The van der Waals surface area contributed by atoms with Crippen LogP contribution in [0, 0.1) is 5.92 Å². The van der Waals surface area contributed by atoms with Crippen LogP contribution in [-0.2, 0) is 6.42 Å². The number of aryl methyl sites for hydroxylation is 1. The van der Waals surface area contributed by atoms with Crippen molar-refractivity contribution in [2.45, 2.75) is 25.7 Å². The minimum atomic E-state index is 0.267. The molecule has 1 saturated carbocycles. The second-order valence-electron chi connectivity index (χ2n) is 4.52. The van der Waals surface area contributed by atoms with Gasteiger partial charge in [-0.3, -0.25) is 4.79 Å². The number of Topliss-reactive ketones (excluding diaryl/α,β-unsaturated/α-hetero) is 1. The van der Waals surface area contributed by atoms with Gasteiger partial charge in [-0.25, -0.2) is 0 Å². The zero-order valence-corrected chi connectivity index (χ0v) is 8.70. The lowest BCUT2D eigenvalue weighted by molar-refractivity contribution is 0.102. The maximum absolute atomic E-state index is 12.1. The van der Waals surface area contributed by atoms with E-state index in [1.165, 1.54) is 18.4 Å². The van der Waals surface area contributed by atoms with Crippen molar-refractivity contribution in [2.24, 2.45) is 5.92 Å². The first-order valence-corrected chi connectivity index (χ1v) is 5.68. The first-order chi connectivity index (χ1) is 7.34. The van der Waals surface area contributed by atoms with E-state index < -0.39 is 0 Å². The summed E-state index contributed by atoms with van der Waals surface area (Å²) in [5.41, 5.74) is 3.20. The van der Waals surface area contributed by atoms with E-state index in [4.69, 9.17) is 0 Å². The standard InChI is InChI=1S/C14H14O/c15-14-12(9-10-5-6-10)8-7-11-3-1-2-4-13(11)14/h1-4,9-10H,5-8H2/b12-9+. The summed E-state index contributed by atoms with van der Waals surface area (Å²) in [5.74, 6) is 0.970. The molecule has 0 saturated heterocycles. The second-order valence-corrected chi connectivity index (χ2v) is 4.52. The van der Waals surface area contributed by atoms with Crippen LogP contribution in [0.5, 0.6) is 0 Å². The van der Waals surface area contributed by atoms with Crippen molar-refractivity contribution in [3.63, 3.8) is 0 Å². The quantitative estimate of drug-likeness (QED) is 0.633. The Morgan fingerprint density at radius 2 is 1.93 bits per heavy atom. The number of rotatable bonds is 1. The molecule has 0 radical (unpaired) electrons. The second kappa shape index (κ2) is 3.34. The molecule has 0 N–H and O–H groups in total. The Labute approximate surface area is 89.8 Å². The number of hydrogen-bond donors (Lipinski definition) is 0. The van der Waals surface area contributed by atoms with Crippen LogP contribution < -0.4 is 0 Å². The minimum Gasteiger partial charge on any atom is -0.289 e. The Morgan fingerprint density at radius 1 is 1.13 bits per heavy atom. The maximum Gasteiger partial charge on any atom is 0.188 e. The van der Waals surface area contributed by atoms with Crippen LogP contribution in [0.4, 0.5) is 0 Å². The summed E-state index contributed by atoms with van der Waals surface area (Å²) in [6.07, 6.45) is 6.72. The maximum atomic E-state index is 12.1. The smallest absolute Gasteiger partial charge is 0.188 e. The summed E-state index contributed by atoms with van der Waals surface area (Å²) in [5, 5.41) is 0. The molecule has 1 aromatic rings. The van der Waals surface area contributed by atoms with Crippen LogP contribution in [0.3, 0.4) is 0 Å². The lowest BCUT2D eigenvalue weighted by Gasteiger charge is -2.16. The summed E-state index contributed by atoms with van der Waals surface area (Å²) in [4.78, 5) is 12.1. The summed E-state index contributed by atoms with van der Waals surface area (Å²) in [7, 11) is 0. The molecule has 76 valence electrons. The van der Waals surface area contributed by atoms with Crippen LogP contribution in [0.1, 0.15) is 35.2 Å². The van der Waals surface area contributed by atoms with E-state index >= 15 is 0 Å². The van der Waals surface area contributed by atoms with E-state index in [1.54, 1.807) is 0 Å². The van der Waals surface area contributed by atoms with Crippen molar-refractivity contribution >= 4 is 5.78 Å². The van der Waals surface area contributed by atoms with E-state index in [1.807, 2.05) is 18.2 Å². The summed E-state index contributed by atoms with van der Waals surface area (Å²) >= 11 is 0. The third kappa shape index (κ3) is 1.63. The topological polar surface area (TPSA) is 17.1 Å². The molecule has 0 heterocycles. The molecule has 1 fully saturated rings. The van der Waals surface area contributed by atoms with Crippen molar-refractivity contribution in [2.75, 3.05) is 0 Å². The monoisotopic (exact) mass is 198 g/mol. The summed E-state index contributed by atoms with van der Waals surface area (Å²) in [6.45, 7) is 0. The van der Waals surface area contributed by atoms with E-state index in [-0.39, 0.29) is 5.78 Å². The molecular formula is C14H14O. The van der Waals surface area contributed by atoms with E-state index in [2.05, 4.69) is 12.1 Å². The summed E-state index contributed by atoms with van der Waals surface area (Å²) in [6, 6.07) is 8.00. The van der Waals surface area contributed by atoms with Gasteiger partial charge in [-0.05, 0) is 42.7 Å². The number of benzene rings is 1. The molecule has 0 atom stereocenters. The lowest BCUT2D eigenvalue weighted by Crippen LogP contribution is -2.14. The average Bonchev–Trinajstić information content (AvgIpc) is 3.07. The van der Waals surface area contributed by atoms with Gasteiger partial charge >= 0.3 is 0 Å². The SMILES string of the molecule is O=C1/C(=C/C2CC2)CCc2ccccc21. The third-order valence-electron chi connectivity index (χ3n) is 3.28. The molecule has 15 heavy (non-hydrogen) atoms. The zero-order valence-electron chi connectivity index (χ0n) is 8.70. The van der Waals surface area contributed by atoms with Gasteiger partial charge in [0.15, 0.2) is 5.78 Å². The van der Waals surface area contributed by atoms with Crippen molar-refractivity contribution in [1.29, 1.82) is 0 Å². The van der Waals surface area contributed by atoms with Gasteiger partial charge in [0.1, 0.15) is 0 Å². The number of fused-ring (bicyclic) bond motifs is 1. The highest BCUT2D eigenvalue weighted by molar-refractivity contribution is 6.10. The molecule has 0 aliphatic heterocycles. The van der Waals surface area contributed by atoms with Crippen molar-refractivity contribution in [3.05, 3.63) is 47.0 Å². The van der Waals surface area contributed by atoms with Gasteiger partial charge in [0.25, 0.3) is 0 Å². The highest BCUT2D eigenvalue weighted by Crippen LogP contribution is 2.34. The van der Waals surface area contributed by atoms with Gasteiger partial charge in [-0.2, -0.15) is 0 Å². The van der Waals surface area contributed by atoms with Gasteiger partial charge in [0.2, 0.25) is 0 Å². The predicted molar refractivity (Wildman–Crippen MR) is 59.9 cm³/mol. The van der Waals surface area contributed by atoms with Gasteiger partial charge in [0, 0.05) is 5.56 Å². The van der Waals surface area contributed by atoms with Crippen LogP contribution in [0.15, 0.2) is 35.9 Å². The number of ketones is 1. The zero-order chi connectivity index (χ0) is 10.3. The number of carbonyl (C=O) groups excluding carboxylic acids is 1. The molecule has 0 bridgehead atoms. The minimum absolute atomic E-state index is 0.267. The van der Waals surface area contributed by atoms with Crippen molar-refractivity contribution < 1.29 is 4.79 Å². The fourth-order valence-corrected chi connectivity index (χ4v) is 2.22. The van der Waals surface area contributed by atoms with E-state index in [9.17, 15) is 4.79 Å². The number of carbonyl (C=O) groups is 1. The fourth-order valence-electron chi connectivity index (χ4n) is 2.22. The molecule has 0 aromatic heterocycles. The normalized spacial score (nSPS) is 22.9. The van der Waals surface area contributed by atoms with Gasteiger partial charge < -0.3 is 0 Å². The Bertz CT molecular complexity index is 438. The lowest BCUT2D eigenvalue weighted by atomic mass is 9.86. The molecule has 1 heteroatoms. The Balaban J connectivity index is 1.98. The van der Waals surface area contributed by atoms with Crippen LogP contribution >= 0.6 is 0 Å². The molecular weight excluding hydrogens is 184 g/mol. The number of hydrogen-bond acceptors (Lipinski definition) is 1. The van der Waals surface area contributed by atoms with Gasteiger partial charge in [-0.1, -0.05) is 30.3 Å². The van der Waals surface area contributed by atoms with E-state index in [0.29, 0.717) is 5.92 Å². The van der Waals surface area contributed by atoms with Crippen LogP contribution in [0.2, 0.25) is 0 Å². The summed E-state index contributed by atoms with van der Waals surface area (Å²) < 4.78 is 0. The Hall–Kier alpha value is -1.37. The molecule has 0 amide bonds. The fraction of sp³-hybridized carbons (Fsp3) is 0.357. The molecule has 2 aliphatic carbocycles. The van der Waals surface area contributed by atoms with E-state index in [0.717, 1.165) is 24.0 Å². The highest BCUT2D eigenvalue weighted by atomic mass is 16.1.